The number of para-hydroxylation sites is 2. The number of unbranched alkanes of at least 4 members (excludes halogenated alkanes) is 16. The average Bonchev–Trinajstić information content (AvgIpc) is 3.16. The van der Waals surface area contributed by atoms with Crippen molar-refractivity contribution >= 4 is 17.0 Å². The molecule has 1 aromatic carbocycles. The fourth-order valence-corrected chi connectivity index (χ4v) is 5.36. The zero-order chi connectivity index (χ0) is 24.3. The van der Waals surface area contributed by atoms with Crippen LogP contribution in [0.15, 0.2) is 24.3 Å². The summed E-state index contributed by atoms with van der Waals surface area (Å²) in [5.41, 5.74) is 8.57. The Bertz CT molecular complexity index is 735. The van der Waals surface area contributed by atoms with Crippen LogP contribution in [0.3, 0.4) is 0 Å². The molecule has 0 amide bonds. The molecule has 0 bridgehead atoms. The Labute approximate surface area is 211 Å². The summed E-state index contributed by atoms with van der Waals surface area (Å²) in [6.45, 7) is 5.62. The highest BCUT2D eigenvalue weighted by molar-refractivity contribution is 5.78. The van der Waals surface area contributed by atoms with Gasteiger partial charge in [0.25, 0.3) is 0 Å². The van der Waals surface area contributed by atoms with Gasteiger partial charge in [-0.25, -0.2) is 4.98 Å². The Morgan fingerprint density at radius 1 is 0.647 bits per heavy atom. The first-order valence-corrected chi connectivity index (χ1v) is 15.0. The predicted octanol–water partition coefficient (Wildman–Crippen LogP) is 10.1. The number of fused-ring (bicyclic) bond motifs is 1. The van der Waals surface area contributed by atoms with E-state index in [2.05, 4.69) is 47.7 Å². The summed E-state index contributed by atoms with van der Waals surface area (Å²) in [4.78, 5) is 4.61. The van der Waals surface area contributed by atoms with E-state index < -0.39 is 0 Å². The molecular weight excluding hydrogens is 414 g/mol. The molecule has 1 unspecified atom stereocenters. The van der Waals surface area contributed by atoms with Crippen LogP contribution in [0, 0.1) is 5.92 Å². The smallest absolute Gasteiger partial charge is 0.201 e. The molecule has 3 nitrogen and oxygen atoms in total. The zero-order valence-corrected chi connectivity index (χ0v) is 22.7. The molecule has 0 spiro atoms. The van der Waals surface area contributed by atoms with E-state index in [1.165, 1.54) is 134 Å². The maximum absolute atomic E-state index is 6.34. The van der Waals surface area contributed by atoms with Gasteiger partial charge in [-0.2, -0.15) is 0 Å². The monoisotopic (exact) mass is 469 g/mol. The van der Waals surface area contributed by atoms with Crippen molar-refractivity contribution in [3.63, 3.8) is 0 Å². The van der Waals surface area contributed by atoms with Crippen LogP contribution in [0.5, 0.6) is 0 Å². The highest BCUT2D eigenvalue weighted by atomic mass is 15.2. The van der Waals surface area contributed by atoms with Crippen molar-refractivity contribution in [2.24, 2.45) is 5.92 Å². The first-order valence-electron chi connectivity index (χ1n) is 15.0. The molecule has 2 aromatic rings. The number of imidazole rings is 1. The van der Waals surface area contributed by atoms with Crippen LogP contribution < -0.4 is 5.73 Å². The Hall–Kier alpha value is -1.51. The van der Waals surface area contributed by atoms with Crippen LogP contribution in [0.25, 0.3) is 11.0 Å². The molecule has 194 valence electrons. The van der Waals surface area contributed by atoms with Gasteiger partial charge in [0, 0.05) is 6.54 Å². The maximum atomic E-state index is 6.34. The molecule has 0 fully saturated rings. The number of rotatable bonds is 22. The van der Waals surface area contributed by atoms with Crippen molar-refractivity contribution in [2.75, 3.05) is 5.73 Å². The lowest BCUT2D eigenvalue weighted by molar-refractivity contribution is 0.361. The van der Waals surface area contributed by atoms with Gasteiger partial charge >= 0.3 is 0 Å². The van der Waals surface area contributed by atoms with E-state index in [0.717, 1.165) is 12.1 Å². The van der Waals surface area contributed by atoms with E-state index in [4.69, 9.17) is 5.73 Å². The topological polar surface area (TPSA) is 43.8 Å². The molecule has 0 radical (unpaired) electrons. The quantitative estimate of drug-likeness (QED) is 0.174. The summed E-state index contributed by atoms with van der Waals surface area (Å²) in [5.74, 6) is 1.40. The molecule has 34 heavy (non-hydrogen) atoms. The minimum Gasteiger partial charge on any atom is -0.369 e. The molecule has 1 atom stereocenters. The molecule has 0 aliphatic carbocycles. The van der Waals surface area contributed by atoms with E-state index in [1.54, 1.807) is 0 Å². The van der Waals surface area contributed by atoms with Crippen molar-refractivity contribution in [1.82, 2.24) is 9.55 Å². The normalized spacial score (nSPS) is 12.5. The molecule has 2 N–H and O–H groups in total. The van der Waals surface area contributed by atoms with Gasteiger partial charge in [0.05, 0.1) is 11.0 Å². The second-order valence-corrected chi connectivity index (χ2v) is 10.7. The fourth-order valence-electron chi connectivity index (χ4n) is 5.36. The summed E-state index contributed by atoms with van der Waals surface area (Å²) in [7, 11) is 0. The Kier molecular flexibility index (Phi) is 15.9. The number of nitrogens with zero attached hydrogens (tertiary/aromatic N) is 2. The molecule has 1 aromatic heterocycles. The van der Waals surface area contributed by atoms with Crippen LogP contribution in [-0.2, 0) is 6.54 Å². The van der Waals surface area contributed by atoms with Crippen LogP contribution in [0.2, 0.25) is 0 Å². The molecule has 0 saturated carbocycles. The van der Waals surface area contributed by atoms with Gasteiger partial charge in [-0.15, -0.1) is 0 Å². The molecule has 1 heterocycles. The Balaban J connectivity index is 1.73. The summed E-state index contributed by atoms with van der Waals surface area (Å²) in [6, 6.07) is 8.42. The lowest BCUT2D eigenvalue weighted by Crippen LogP contribution is -2.13. The van der Waals surface area contributed by atoms with Gasteiger partial charge < -0.3 is 10.3 Å². The van der Waals surface area contributed by atoms with Gasteiger partial charge in [-0.3, -0.25) is 0 Å². The van der Waals surface area contributed by atoms with Gasteiger partial charge in [0.2, 0.25) is 5.95 Å². The fraction of sp³-hybridized carbons (Fsp3) is 0.774. The molecular formula is C31H55N3. The lowest BCUT2D eigenvalue weighted by atomic mass is 9.93. The van der Waals surface area contributed by atoms with E-state index >= 15 is 0 Å². The number of benzene rings is 1. The van der Waals surface area contributed by atoms with Crippen LogP contribution in [0.4, 0.5) is 5.95 Å². The van der Waals surface area contributed by atoms with Gasteiger partial charge in [-0.05, 0) is 30.9 Å². The summed E-state index contributed by atoms with van der Waals surface area (Å²) < 4.78 is 2.28. The molecule has 3 heteroatoms. The average molecular weight is 470 g/mol. The molecule has 0 aliphatic heterocycles. The van der Waals surface area contributed by atoms with Gasteiger partial charge in [0.15, 0.2) is 0 Å². The molecule has 2 rings (SSSR count). The zero-order valence-electron chi connectivity index (χ0n) is 22.7. The number of nitrogen functional groups attached to an aromatic ring is 1. The summed E-state index contributed by atoms with van der Waals surface area (Å²) in [5, 5.41) is 0. The number of hydrogen-bond acceptors (Lipinski definition) is 2. The molecule has 0 saturated heterocycles. The second kappa shape index (κ2) is 18.8. The van der Waals surface area contributed by atoms with Crippen molar-refractivity contribution < 1.29 is 0 Å². The Morgan fingerprint density at radius 3 is 1.59 bits per heavy atom. The van der Waals surface area contributed by atoms with Gasteiger partial charge in [-0.1, -0.05) is 142 Å². The largest absolute Gasteiger partial charge is 0.369 e. The second-order valence-electron chi connectivity index (χ2n) is 10.7. The van der Waals surface area contributed by atoms with Crippen molar-refractivity contribution in [3.05, 3.63) is 24.3 Å². The molecule has 0 aliphatic rings. The standard InChI is InChI=1S/C31H55N3/c1-3-5-7-9-11-13-14-16-18-20-24-28(23-19-17-15-12-10-8-6-4-2)27-34-30-26-22-21-25-29(30)33-31(34)32/h21-22,25-26,28H,3-20,23-24,27H2,1-2H3,(H2,32,33). The van der Waals surface area contributed by atoms with Crippen LogP contribution in [-0.4, -0.2) is 9.55 Å². The van der Waals surface area contributed by atoms with Crippen molar-refractivity contribution in [2.45, 2.75) is 149 Å². The predicted molar refractivity (Wildman–Crippen MR) is 151 cm³/mol. The number of hydrogen-bond donors (Lipinski definition) is 1. The summed E-state index contributed by atoms with van der Waals surface area (Å²) >= 11 is 0. The highest BCUT2D eigenvalue weighted by Crippen LogP contribution is 2.25. The SMILES string of the molecule is CCCCCCCCCCCCC(CCCCCCCCCC)Cn1c(N)nc2ccccc21. The van der Waals surface area contributed by atoms with Crippen molar-refractivity contribution in [1.29, 1.82) is 0 Å². The highest BCUT2D eigenvalue weighted by Gasteiger charge is 2.14. The third-order valence-corrected chi connectivity index (χ3v) is 7.56. The number of aromatic nitrogens is 2. The lowest BCUT2D eigenvalue weighted by Gasteiger charge is -2.19. The van der Waals surface area contributed by atoms with Gasteiger partial charge in [0.1, 0.15) is 0 Å². The minimum atomic E-state index is 0.685. The van der Waals surface area contributed by atoms with E-state index in [0.29, 0.717) is 11.9 Å². The van der Waals surface area contributed by atoms with Crippen LogP contribution in [0.1, 0.15) is 142 Å². The first kappa shape index (κ1) is 28.7. The number of anilines is 1. The third kappa shape index (κ3) is 11.8. The van der Waals surface area contributed by atoms with E-state index in [-0.39, 0.29) is 0 Å². The van der Waals surface area contributed by atoms with E-state index in [1.807, 2.05) is 0 Å². The Morgan fingerprint density at radius 2 is 1.09 bits per heavy atom. The number of nitrogens with two attached hydrogens (primary N) is 1. The minimum absolute atomic E-state index is 0.685. The van der Waals surface area contributed by atoms with E-state index in [9.17, 15) is 0 Å². The summed E-state index contributed by atoms with van der Waals surface area (Å²) in [6.07, 6.45) is 27.9. The maximum Gasteiger partial charge on any atom is 0.201 e. The van der Waals surface area contributed by atoms with Crippen molar-refractivity contribution in [3.8, 4) is 0 Å². The third-order valence-electron chi connectivity index (χ3n) is 7.56. The first-order chi connectivity index (χ1) is 16.8. The van der Waals surface area contributed by atoms with Crippen LogP contribution >= 0.6 is 0 Å².